The predicted molar refractivity (Wildman–Crippen MR) is 215 cm³/mol. The summed E-state index contributed by atoms with van der Waals surface area (Å²) in [6.07, 6.45) is -27.8. The summed E-state index contributed by atoms with van der Waals surface area (Å²) in [7, 11) is 0. The van der Waals surface area contributed by atoms with E-state index in [0.717, 1.165) is 0 Å². The summed E-state index contributed by atoms with van der Waals surface area (Å²) in [5, 5.41) is 160. The molecular weight excluding hydrogens is 896 g/mol. The molecule has 4 aliphatic heterocycles. The molecule has 0 saturated carbocycles. The largest absolute Gasteiger partial charge is 0.394 e. The van der Waals surface area contributed by atoms with Gasteiger partial charge < -0.3 is 129 Å². The molecule has 0 aromatic heterocycles. The third-order valence-corrected chi connectivity index (χ3v) is 11.9. The van der Waals surface area contributed by atoms with Crippen molar-refractivity contribution in [3.63, 3.8) is 0 Å². The molecular formula is C40H74O26. The molecule has 66 heavy (non-hydrogen) atoms. The van der Waals surface area contributed by atoms with Gasteiger partial charge >= 0.3 is 0 Å². The molecule has 0 unspecified atom stereocenters. The summed E-state index contributed by atoms with van der Waals surface area (Å²) in [4.78, 5) is 0. The summed E-state index contributed by atoms with van der Waals surface area (Å²) >= 11 is 0. The van der Waals surface area contributed by atoms with Gasteiger partial charge in [-0.2, -0.15) is 0 Å². The van der Waals surface area contributed by atoms with Crippen molar-refractivity contribution in [2.45, 2.75) is 186 Å². The Morgan fingerprint density at radius 2 is 0.515 bits per heavy atom. The van der Waals surface area contributed by atoms with Gasteiger partial charge in [0.25, 0.3) is 0 Å². The second-order valence-corrected chi connectivity index (χ2v) is 16.8. The molecule has 0 aromatic carbocycles. The van der Waals surface area contributed by atoms with Crippen molar-refractivity contribution in [3.05, 3.63) is 0 Å². The smallest absolute Gasteiger partial charge is 0.186 e. The second-order valence-electron chi connectivity index (χ2n) is 16.8. The van der Waals surface area contributed by atoms with Crippen LogP contribution in [-0.4, -0.2) is 283 Å². The van der Waals surface area contributed by atoms with Crippen LogP contribution in [0.25, 0.3) is 0 Å². The van der Waals surface area contributed by atoms with E-state index in [-0.39, 0.29) is 65.3 Å². The number of rotatable bonds is 29. The molecule has 390 valence electrons. The number of hydrogen-bond acceptors (Lipinski definition) is 26. The Kier molecular flexibility index (Phi) is 25.6. The van der Waals surface area contributed by atoms with E-state index in [2.05, 4.69) is 0 Å². The van der Waals surface area contributed by atoms with Gasteiger partial charge in [-0.3, -0.25) is 0 Å². The number of aliphatic hydroxyl groups is 16. The minimum Gasteiger partial charge on any atom is -0.394 e. The monoisotopic (exact) mass is 970 g/mol. The average molecular weight is 971 g/mol. The van der Waals surface area contributed by atoms with E-state index in [0.29, 0.717) is 25.7 Å². The molecule has 0 aromatic rings. The molecule has 0 bridgehead atoms. The standard InChI is InChI=1S/C40H74O26/c41-15-21-25(45)29(49)33(53)37(63-21)59-11-3-1-9-57-19(7-5-13-61-39-35(55)31(51)27(47)23(17-43)65-39)20(8-6-14-62-40-36(56)32(52)28(48)24(18-44)66-40)58-10-2-4-12-60-38-34(54)30(50)26(46)22(16-42)64-38/h19-56H,1-18H2/t19-,20-,21+,22+,23+,24+,25+,26+,27+,28+,29-,30-,31-,32-,33-,34-,35-,36-,37-,38-,39-,40-/m0/s1. The normalized spacial score (nSPS) is 40.9. The predicted octanol–water partition coefficient (Wildman–Crippen LogP) is -7.86. The Labute approximate surface area is 381 Å². The van der Waals surface area contributed by atoms with Gasteiger partial charge in [0.05, 0.1) is 38.6 Å². The second kappa shape index (κ2) is 29.3. The highest BCUT2D eigenvalue weighted by atomic mass is 16.7. The number of hydrogen-bond donors (Lipinski definition) is 16. The fraction of sp³-hybridized carbons (Fsp3) is 1.00. The Balaban J connectivity index is 1.38. The summed E-state index contributed by atoms with van der Waals surface area (Å²) in [6.45, 7) is -2.27. The maximum atomic E-state index is 10.4. The first-order valence-corrected chi connectivity index (χ1v) is 22.5. The van der Waals surface area contributed by atoms with E-state index in [1.165, 1.54) is 0 Å². The summed E-state index contributed by atoms with van der Waals surface area (Å²) in [5.74, 6) is 0. The molecule has 22 atom stereocenters. The highest BCUT2D eigenvalue weighted by molar-refractivity contribution is 4.92. The number of aliphatic hydroxyl groups excluding tert-OH is 16. The van der Waals surface area contributed by atoms with Crippen LogP contribution >= 0.6 is 0 Å². The lowest BCUT2D eigenvalue weighted by Gasteiger charge is -2.39. The molecule has 0 amide bonds. The first kappa shape index (κ1) is 57.5. The summed E-state index contributed by atoms with van der Waals surface area (Å²) in [5.41, 5.74) is 0. The van der Waals surface area contributed by atoms with Gasteiger partial charge in [0.1, 0.15) is 97.7 Å². The lowest BCUT2D eigenvalue weighted by molar-refractivity contribution is -0.301. The minimum absolute atomic E-state index is 0.0318. The molecule has 26 heteroatoms. The highest BCUT2D eigenvalue weighted by Gasteiger charge is 2.47. The molecule has 0 aliphatic carbocycles. The van der Waals surface area contributed by atoms with Crippen molar-refractivity contribution in [3.8, 4) is 0 Å². The van der Waals surface area contributed by atoms with Crippen LogP contribution in [0.1, 0.15) is 51.4 Å². The van der Waals surface area contributed by atoms with Crippen LogP contribution in [0.5, 0.6) is 0 Å². The van der Waals surface area contributed by atoms with E-state index in [1.807, 2.05) is 0 Å². The molecule has 4 saturated heterocycles. The Hall–Kier alpha value is -1.04. The lowest BCUT2D eigenvalue weighted by Crippen LogP contribution is -2.59. The highest BCUT2D eigenvalue weighted by Crippen LogP contribution is 2.27. The van der Waals surface area contributed by atoms with Gasteiger partial charge in [-0.05, 0) is 51.4 Å². The van der Waals surface area contributed by atoms with E-state index in [1.54, 1.807) is 0 Å². The van der Waals surface area contributed by atoms with Crippen LogP contribution in [0, 0.1) is 0 Å². The van der Waals surface area contributed by atoms with Gasteiger partial charge in [-0.15, -0.1) is 0 Å². The Morgan fingerprint density at radius 3 is 0.758 bits per heavy atom. The number of ether oxygens (including phenoxy) is 10. The van der Waals surface area contributed by atoms with E-state index < -0.39 is 161 Å². The average Bonchev–Trinajstić information content (AvgIpc) is 3.31. The SMILES string of the molecule is OC[C@H]1O[C@H](OCCCCO[C@@H](CCCO[C@H]2O[C@H](CO)[C@@H](O)[C@H](O)[C@@H]2O)[C@H](CCCO[C@H]2O[C@H](CO)[C@@H](O)[C@H](O)[C@@H]2O)OCCCCO[C@H]2O[C@H](CO)[C@@H](O)[C@H](O)[C@@H]2O)[C@@H](O)[C@@H](O)[C@@H]1O. The molecule has 16 N–H and O–H groups in total. The first-order valence-electron chi connectivity index (χ1n) is 22.5. The van der Waals surface area contributed by atoms with E-state index >= 15 is 0 Å². The van der Waals surface area contributed by atoms with Crippen molar-refractivity contribution < 1.29 is 129 Å². The zero-order chi connectivity index (χ0) is 48.5. The molecule has 4 aliphatic rings. The van der Waals surface area contributed by atoms with Crippen LogP contribution in [0.2, 0.25) is 0 Å². The molecule has 0 radical (unpaired) electrons. The van der Waals surface area contributed by atoms with E-state index in [9.17, 15) is 81.7 Å². The van der Waals surface area contributed by atoms with Crippen LogP contribution < -0.4 is 0 Å². The fourth-order valence-electron chi connectivity index (χ4n) is 7.82. The zero-order valence-electron chi connectivity index (χ0n) is 36.7. The molecule has 4 heterocycles. The lowest BCUT2D eigenvalue weighted by atomic mass is 9.99. The van der Waals surface area contributed by atoms with Crippen molar-refractivity contribution in [1.29, 1.82) is 0 Å². The quantitative estimate of drug-likeness (QED) is 0.0310. The maximum Gasteiger partial charge on any atom is 0.186 e. The van der Waals surface area contributed by atoms with Crippen molar-refractivity contribution in [1.82, 2.24) is 0 Å². The Morgan fingerprint density at radius 1 is 0.288 bits per heavy atom. The van der Waals surface area contributed by atoms with Crippen LogP contribution in [0.15, 0.2) is 0 Å². The minimum atomic E-state index is -1.65. The zero-order valence-corrected chi connectivity index (χ0v) is 36.7. The molecule has 4 fully saturated rings. The first-order chi connectivity index (χ1) is 31.6. The van der Waals surface area contributed by atoms with Crippen molar-refractivity contribution in [2.24, 2.45) is 0 Å². The van der Waals surface area contributed by atoms with Crippen LogP contribution in [0.4, 0.5) is 0 Å². The number of unbranched alkanes of at least 4 members (excludes halogenated alkanes) is 2. The van der Waals surface area contributed by atoms with Gasteiger partial charge in [-0.1, -0.05) is 0 Å². The van der Waals surface area contributed by atoms with Gasteiger partial charge in [0.2, 0.25) is 0 Å². The van der Waals surface area contributed by atoms with Crippen LogP contribution in [-0.2, 0) is 47.4 Å². The maximum absolute atomic E-state index is 10.4. The molecule has 26 nitrogen and oxygen atoms in total. The van der Waals surface area contributed by atoms with Crippen molar-refractivity contribution in [2.75, 3.05) is 66.1 Å². The Bertz CT molecular complexity index is 1190. The fourth-order valence-corrected chi connectivity index (χ4v) is 7.82. The molecule has 4 rings (SSSR count). The summed E-state index contributed by atoms with van der Waals surface area (Å²) in [6, 6.07) is 0. The summed E-state index contributed by atoms with van der Waals surface area (Å²) < 4.78 is 57.0. The van der Waals surface area contributed by atoms with Crippen molar-refractivity contribution >= 4 is 0 Å². The molecule has 0 spiro atoms. The topological polar surface area (TPSA) is 416 Å². The van der Waals surface area contributed by atoms with Gasteiger partial charge in [0, 0.05) is 39.6 Å². The third kappa shape index (κ3) is 16.0. The van der Waals surface area contributed by atoms with Crippen LogP contribution in [0.3, 0.4) is 0 Å². The van der Waals surface area contributed by atoms with Gasteiger partial charge in [0.15, 0.2) is 25.2 Å². The van der Waals surface area contributed by atoms with E-state index in [4.69, 9.17) is 47.4 Å². The van der Waals surface area contributed by atoms with Gasteiger partial charge in [-0.25, -0.2) is 0 Å². The third-order valence-electron chi connectivity index (χ3n) is 11.9.